The second-order valence-corrected chi connectivity index (χ2v) is 6.92. The summed E-state index contributed by atoms with van der Waals surface area (Å²) in [5.74, 6) is -1.71. The van der Waals surface area contributed by atoms with Crippen molar-refractivity contribution in [3.63, 3.8) is 0 Å². The van der Waals surface area contributed by atoms with Crippen LogP contribution in [0.25, 0.3) is 0 Å². The highest BCUT2D eigenvalue weighted by atomic mass is 19.1. The van der Waals surface area contributed by atoms with E-state index in [2.05, 4.69) is 0 Å². The number of halogens is 1. The molecule has 1 rings (SSSR count). The van der Waals surface area contributed by atoms with E-state index in [0.717, 1.165) is 0 Å². The lowest BCUT2D eigenvalue weighted by Crippen LogP contribution is -2.41. The molecular weight excluding hydrogens is 330 g/mol. The van der Waals surface area contributed by atoms with Gasteiger partial charge in [0.1, 0.15) is 5.73 Å². The Balaban J connectivity index is 2.88. The van der Waals surface area contributed by atoms with E-state index in [9.17, 15) is 14.0 Å². The largest absolute Gasteiger partial charge is 0.524 e. The Morgan fingerprint density at radius 3 is 1.76 bits per heavy atom. The van der Waals surface area contributed by atoms with Gasteiger partial charge in [0.05, 0.1) is 37.3 Å². The normalized spacial score (nSPS) is 19.2. The average Bonchev–Trinajstić information content (AvgIpc) is 2.67. The topological polar surface area (TPSA) is 71.1 Å². The summed E-state index contributed by atoms with van der Waals surface area (Å²) in [5, 5.41) is 0. The second kappa shape index (κ2) is 8.80. The van der Waals surface area contributed by atoms with Crippen LogP contribution in [0, 0.1) is 5.92 Å². The fourth-order valence-corrected chi connectivity index (χ4v) is 2.32. The standard InChI is InChI=1S/C17H28BFO6/c1-7-22-14(20)10-12(11-15(21)23-8-2)9-13(19)18-24-16(3,4)17(5,6)25-18/h9,12H,7-8,10-11H2,1-6H3. The maximum Gasteiger partial charge on any atom is 0.524 e. The predicted molar refractivity (Wildman–Crippen MR) is 91.3 cm³/mol. The average molecular weight is 358 g/mol. The van der Waals surface area contributed by atoms with Gasteiger partial charge < -0.3 is 18.8 Å². The molecule has 1 heterocycles. The van der Waals surface area contributed by atoms with Crippen molar-refractivity contribution in [2.24, 2.45) is 5.92 Å². The van der Waals surface area contributed by atoms with Gasteiger partial charge in [0.25, 0.3) is 0 Å². The van der Waals surface area contributed by atoms with E-state index in [0.29, 0.717) is 0 Å². The van der Waals surface area contributed by atoms with Crippen LogP contribution in [-0.2, 0) is 28.4 Å². The molecule has 8 heteroatoms. The van der Waals surface area contributed by atoms with Gasteiger partial charge in [-0.05, 0) is 47.5 Å². The molecule has 0 aromatic carbocycles. The molecule has 0 spiro atoms. The molecule has 1 aliphatic rings. The first-order valence-electron chi connectivity index (χ1n) is 8.56. The monoisotopic (exact) mass is 358 g/mol. The Hall–Kier alpha value is -1.41. The Labute approximate surface area is 149 Å². The van der Waals surface area contributed by atoms with Crippen molar-refractivity contribution in [2.75, 3.05) is 13.2 Å². The fourth-order valence-electron chi connectivity index (χ4n) is 2.32. The highest BCUT2D eigenvalue weighted by Crippen LogP contribution is 2.39. The van der Waals surface area contributed by atoms with Crippen molar-refractivity contribution in [1.29, 1.82) is 0 Å². The minimum atomic E-state index is -1.17. The van der Waals surface area contributed by atoms with Gasteiger partial charge in [-0.3, -0.25) is 9.59 Å². The molecule has 0 saturated carbocycles. The number of allylic oxidation sites excluding steroid dienone is 1. The highest BCUT2D eigenvalue weighted by molar-refractivity contribution is 6.53. The molecule has 1 fully saturated rings. The maximum atomic E-state index is 14.6. The molecule has 142 valence electrons. The molecule has 0 aliphatic carbocycles. The number of carbonyl (C=O) groups excluding carboxylic acids is 2. The third kappa shape index (κ3) is 6.11. The van der Waals surface area contributed by atoms with Crippen LogP contribution in [0.1, 0.15) is 54.4 Å². The zero-order valence-corrected chi connectivity index (χ0v) is 15.9. The van der Waals surface area contributed by atoms with Crippen LogP contribution in [0.2, 0.25) is 0 Å². The maximum absolute atomic E-state index is 14.6. The van der Waals surface area contributed by atoms with Crippen LogP contribution >= 0.6 is 0 Å². The van der Waals surface area contributed by atoms with Crippen LogP contribution in [-0.4, -0.2) is 43.5 Å². The second-order valence-electron chi connectivity index (χ2n) is 6.92. The summed E-state index contributed by atoms with van der Waals surface area (Å²) in [7, 11) is -1.17. The lowest BCUT2D eigenvalue weighted by Gasteiger charge is -2.32. The Kier molecular flexibility index (Phi) is 7.62. The molecule has 0 amide bonds. The zero-order chi connectivity index (χ0) is 19.3. The number of esters is 2. The van der Waals surface area contributed by atoms with Crippen LogP contribution in [0.5, 0.6) is 0 Å². The summed E-state index contributed by atoms with van der Waals surface area (Å²) in [6.07, 6.45) is 0.940. The van der Waals surface area contributed by atoms with Crippen LogP contribution < -0.4 is 0 Å². The molecule has 0 atom stereocenters. The van der Waals surface area contributed by atoms with Gasteiger partial charge in [-0.25, -0.2) is 4.39 Å². The van der Waals surface area contributed by atoms with Crippen molar-refractivity contribution in [1.82, 2.24) is 0 Å². The number of rotatable bonds is 8. The molecular formula is C17H28BFO6. The van der Waals surface area contributed by atoms with Crippen molar-refractivity contribution < 1.29 is 32.8 Å². The molecule has 0 unspecified atom stereocenters. The van der Waals surface area contributed by atoms with E-state index in [1.54, 1.807) is 13.8 Å². The third-order valence-electron chi connectivity index (χ3n) is 4.34. The first kappa shape index (κ1) is 21.6. The van der Waals surface area contributed by atoms with Gasteiger partial charge >= 0.3 is 19.1 Å². The Morgan fingerprint density at radius 1 is 1.00 bits per heavy atom. The number of ether oxygens (including phenoxy) is 2. The van der Waals surface area contributed by atoms with E-state index in [1.807, 2.05) is 27.7 Å². The first-order valence-corrected chi connectivity index (χ1v) is 8.56. The molecule has 25 heavy (non-hydrogen) atoms. The van der Waals surface area contributed by atoms with Crippen LogP contribution in [0.15, 0.2) is 11.8 Å². The molecule has 0 radical (unpaired) electrons. The minimum Gasteiger partial charge on any atom is -0.466 e. The van der Waals surface area contributed by atoms with Crippen molar-refractivity contribution >= 4 is 19.1 Å². The van der Waals surface area contributed by atoms with Gasteiger partial charge in [-0.15, -0.1) is 0 Å². The Morgan fingerprint density at radius 2 is 1.40 bits per heavy atom. The number of hydrogen-bond acceptors (Lipinski definition) is 6. The summed E-state index contributed by atoms with van der Waals surface area (Å²) in [6, 6.07) is 0. The van der Waals surface area contributed by atoms with Crippen molar-refractivity contribution in [2.45, 2.75) is 65.6 Å². The minimum absolute atomic E-state index is 0.125. The molecule has 0 N–H and O–H groups in total. The lowest BCUT2D eigenvalue weighted by atomic mass is 9.84. The smallest absolute Gasteiger partial charge is 0.466 e. The summed E-state index contributed by atoms with van der Waals surface area (Å²) in [6.45, 7) is 11.1. The fraction of sp³-hybridized carbons (Fsp3) is 0.765. The molecule has 0 aromatic heterocycles. The molecule has 1 saturated heterocycles. The number of hydrogen-bond donors (Lipinski definition) is 0. The molecule has 6 nitrogen and oxygen atoms in total. The summed E-state index contributed by atoms with van der Waals surface area (Å²) in [4.78, 5) is 23.4. The van der Waals surface area contributed by atoms with Gasteiger partial charge in [0.15, 0.2) is 0 Å². The van der Waals surface area contributed by atoms with E-state index >= 15 is 0 Å². The summed E-state index contributed by atoms with van der Waals surface area (Å²) >= 11 is 0. The molecule has 0 aromatic rings. The van der Waals surface area contributed by atoms with Gasteiger partial charge in [-0.2, -0.15) is 0 Å². The number of carbonyl (C=O) groups is 2. The van der Waals surface area contributed by atoms with Crippen molar-refractivity contribution in [3.8, 4) is 0 Å². The summed E-state index contributed by atoms with van der Waals surface area (Å²) < 4.78 is 35.7. The van der Waals surface area contributed by atoms with Crippen LogP contribution in [0.3, 0.4) is 0 Å². The predicted octanol–water partition coefficient (Wildman–Crippen LogP) is 2.99. The van der Waals surface area contributed by atoms with Gasteiger partial charge in [0, 0.05) is 0 Å². The molecule has 1 aliphatic heterocycles. The highest BCUT2D eigenvalue weighted by Gasteiger charge is 2.53. The van der Waals surface area contributed by atoms with E-state index in [-0.39, 0.29) is 26.1 Å². The summed E-state index contributed by atoms with van der Waals surface area (Å²) in [5.41, 5.74) is -2.03. The first-order chi connectivity index (χ1) is 11.5. The van der Waals surface area contributed by atoms with Crippen molar-refractivity contribution in [3.05, 3.63) is 11.8 Å². The quantitative estimate of drug-likeness (QED) is 0.491. The SMILES string of the molecule is CCOC(=O)CC(C=C(F)B1OC(C)(C)C(C)(C)O1)CC(=O)OCC. The Bertz CT molecular complexity index is 481. The third-order valence-corrected chi connectivity index (χ3v) is 4.34. The van der Waals surface area contributed by atoms with Crippen LogP contribution in [0.4, 0.5) is 4.39 Å². The van der Waals surface area contributed by atoms with E-state index in [1.165, 1.54) is 6.08 Å². The van der Waals surface area contributed by atoms with Gasteiger partial charge in [0.2, 0.25) is 0 Å². The lowest BCUT2D eigenvalue weighted by molar-refractivity contribution is -0.146. The van der Waals surface area contributed by atoms with E-state index in [4.69, 9.17) is 18.8 Å². The molecule has 0 bridgehead atoms. The zero-order valence-electron chi connectivity index (χ0n) is 15.9. The van der Waals surface area contributed by atoms with Gasteiger partial charge in [-0.1, -0.05) is 6.08 Å². The van der Waals surface area contributed by atoms with E-state index < -0.39 is 41.9 Å².